The maximum atomic E-state index is 9.08. The molecule has 4 rings (SSSR count). The topological polar surface area (TPSA) is 69.2 Å². The van der Waals surface area contributed by atoms with Crippen molar-refractivity contribution in [2.24, 2.45) is 4.99 Å². The maximum absolute atomic E-state index is 9.08. The molecule has 0 saturated carbocycles. The van der Waals surface area contributed by atoms with Crippen molar-refractivity contribution in [3.8, 4) is 6.07 Å². The molecular formula is C24H31N6PS. The SMILES string of the molecule is CC[C@H](C)N[P@]1(=S)/C(=C2/N(C)c3ccccc3C2(C)C)C=Nc2c1c(C)nn2CCC#N. The molecule has 2 aliphatic heterocycles. The first-order valence-corrected chi connectivity index (χ1v) is 13.9. The van der Waals surface area contributed by atoms with Crippen LogP contribution >= 0.6 is 6.19 Å². The zero-order valence-electron chi connectivity index (χ0n) is 19.7. The van der Waals surface area contributed by atoms with Gasteiger partial charge in [0.15, 0.2) is 5.82 Å². The number of aromatic nitrogens is 2. The molecule has 2 aromatic rings. The molecule has 3 heterocycles. The van der Waals surface area contributed by atoms with E-state index in [1.807, 2.05) is 17.8 Å². The van der Waals surface area contributed by atoms with Crippen LogP contribution in [0.15, 0.2) is 40.3 Å². The summed E-state index contributed by atoms with van der Waals surface area (Å²) in [6.07, 6.45) is 0.923. The van der Waals surface area contributed by atoms with Crippen LogP contribution in [-0.2, 0) is 23.8 Å². The summed E-state index contributed by atoms with van der Waals surface area (Å²) in [6.45, 7) is 11.4. The number of nitrogens with zero attached hydrogens (tertiary/aromatic N) is 5. The Morgan fingerprint density at radius 3 is 2.69 bits per heavy atom. The monoisotopic (exact) mass is 466 g/mol. The molecule has 0 fully saturated rings. The number of hydrogen-bond acceptors (Lipinski definition) is 5. The van der Waals surface area contributed by atoms with E-state index in [2.05, 4.69) is 75.1 Å². The number of benzene rings is 1. The molecule has 8 heteroatoms. The number of para-hydroxylation sites is 1. The lowest BCUT2D eigenvalue weighted by Gasteiger charge is -2.36. The van der Waals surface area contributed by atoms with Crippen LogP contribution in [-0.4, -0.2) is 29.1 Å². The molecule has 168 valence electrons. The summed E-state index contributed by atoms with van der Waals surface area (Å²) in [4.78, 5) is 7.17. The third kappa shape index (κ3) is 3.37. The Hall–Kier alpha value is -2.26. The molecule has 1 N–H and O–H groups in total. The molecule has 0 amide bonds. The molecule has 1 aromatic heterocycles. The maximum Gasteiger partial charge on any atom is 0.160 e. The predicted molar refractivity (Wildman–Crippen MR) is 137 cm³/mol. The lowest BCUT2D eigenvalue weighted by molar-refractivity contribution is 0.626. The van der Waals surface area contributed by atoms with Gasteiger partial charge in [-0.25, -0.2) is 9.67 Å². The van der Waals surface area contributed by atoms with Gasteiger partial charge < -0.3 is 4.90 Å². The van der Waals surface area contributed by atoms with Crippen LogP contribution in [0.5, 0.6) is 0 Å². The van der Waals surface area contributed by atoms with E-state index in [4.69, 9.17) is 27.2 Å². The second kappa shape index (κ2) is 8.26. The van der Waals surface area contributed by atoms with Crippen LogP contribution in [0.25, 0.3) is 0 Å². The zero-order valence-corrected chi connectivity index (χ0v) is 21.4. The molecule has 32 heavy (non-hydrogen) atoms. The standard InChI is InChI=1S/C24H31N6PS/c1-7-16(2)28-31(32)20(15-26-23-21(31)17(3)27-30(23)14-10-13-25)22-24(4,5)18-11-8-9-12-19(18)29(22)6/h8-9,11-12,15-16H,7,10,14H2,1-6H3,(H,28,32)/b22-20+/t16-,31-/m0/s1. The highest BCUT2D eigenvalue weighted by Crippen LogP contribution is 2.60. The molecule has 0 saturated heterocycles. The summed E-state index contributed by atoms with van der Waals surface area (Å²) in [5.41, 5.74) is 4.43. The average molecular weight is 467 g/mol. The summed E-state index contributed by atoms with van der Waals surface area (Å²) in [7, 11) is 2.13. The van der Waals surface area contributed by atoms with E-state index in [-0.39, 0.29) is 11.5 Å². The van der Waals surface area contributed by atoms with Crippen LogP contribution in [0.3, 0.4) is 0 Å². The molecule has 2 aliphatic rings. The van der Waals surface area contributed by atoms with E-state index in [0.717, 1.165) is 28.6 Å². The predicted octanol–water partition coefficient (Wildman–Crippen LogP) is 4.87. The number of fused-ring (bicyclic) bond motifs is 2. The van der Waals surface area contributed by atoms with Crippen molar-refractivity contribution in [2.75, 3.05) is 11.9 Å². The number of nitriles is 1. The number of hydrogen-bond donors (Lipinski definition) is 1. The van der Waals surface area contributed by atoms with E-state index in [1.165, 1.54) is 16.9 Å². The summed E-state index contributed by atoms with van der Waals surface area (Å²) >= 11 is 6.59. The first-order chi connectivity index (χ1) is 15.2. The first-order valence-electron chi connectivity index (χ1n) is 11.1. The van der Waals surface area contributed by atoms with E-state index in [0.29, 0.717) is 13.0 Å². The van der Waals surface area contributed by atoms with Crippen molar-refractivity contribution in [3.63, 3.8) is 0 Å². The number of anilines is 1. The Bertz CT molecular complexity index is 1220. The van der Waals surface area contributed by atoms with E-state index >= 15 is 0 Å². The van der Waals surface area contributed by atoms with E-state index < -0.39 is 6.19 Å². The summed E-state index contributed by atoms with van der Waals surface area (Å²) in [5, 5.41) is 19.8. The van der Waals surface area contributed by atoms with Gasteiger partial charge in [-0.15, -0.1) is 0 Å². The molecular weight excluding hydrogens is 435 g/mol. The van der Waals surface area contributed by atoms with Gasteiger partial charge in [0.1, 0.15) is 0 Å². The van der Waals surface area contributed by atoms with Gasteiger partial charge in [-0.2, -0.15) is 10.4 Å². The fraction of sp³-hybridized carbons (Fsp3) is 0.458. The van der Waals surface area contributed by atoms with Crippen LogP contribution in [0.1, 0.15) is 51.8 Å². The summed E-state index contributed by atoms with van der Waals surface area (Å²) in [6, 6.07) is 11.0. The average Bonchev–Trinajstić information content (AvgIpc) is 3.19. The van der Waals surface area contributed by atoms with Crippen LogP contribution in [0.4, 0.5) is 11.5 Å². The molecule has 6 nitrogen and oxygen atoms in total. The molecule has 0 radical (unpaired) electrons. The minimum Gasteiger partial charge on any atom is -0.346 e. The lowest BCUT2D eigenvalue weighted by atomic mass is 9.84. The highest BCUT2D eigenvalue weighted by atomic mass is 32.4. The van der Waals surface area contributed by atoms with Gasteiger partial charge in [-0.1, -0.05) is 50.8 Å². The largest absolute Gasteiger partial charge is 0.346 e. The van der Waals surface area contributed by atoms with Crippen LogP contribution in [0.2, 0.25) is 0 Å². The molecule has 2 atom stereocenters. The van der Waals surface area contributed by atoms with Gasteiger partial charge in [0.2, 0.25) is 0 Å². The van der Waals surface area contributed by atoms with Gasteiger partial charge in [0.25, 0.3) is 0 Å². The fourth-order valence-corrected chi connectivity index (χ4v) is 9.69. The normalized spacial score (nSPS) is 24.2. The first kappa shape index (κ1) is 22.9. The third-order valence-electron chi connectivity index (χ3n) is 6.59. The minimum absolute atomic E-state index is 0.198. The zero-order chi connectivity index (χ0) is 23.3. The Morgan fingerprint density at radius 1 is 1.31 bits per heavy atom. The molecule has 1 aromatic carbocycles. The van der Waals surface area contributed by atoms with Gasteiger partial charge in [0.05, 0.1) is 36.2 Å². The fourth-order valence-electron chi connectivity index (χ4n) is 4.89. The van der Waals surface area contributed by atoms with Crippen molar-refractivity contribution in [1.29, 1.82) is 5.26 Å². The van der Waals surface area contributed by atoms with E-state index in [9.17, 15) is 0 Å². The second-order valence-electron chi connectivity index (χ2n) is 9.13. The number of allylic oxidation sites excluding steroid dienone is 2. The van der Waals surface area contributed by atoms with E-state index in [1.54, 1.807) is 0 Å². The third-order valence-corrected chi connectivity index (χ3v) is 11.0. The number of nitrogens with one attached hydrogen (secondary N) is 1. The second-order valence-corrected chi connectivity index (χ2v) is 13.2. The molecule has 0 spiro atoms. The number of aliphatic imine (C=N–C) groups is 1. The lowest BCUT2D eigenvalue weighted by Crippen LogP contribution is -2.34. The quantitative estimate of drug-likeness (QED) is 0.637. The van der Waals surface area contributed by atoms with Gasteiger partial charge in [0, 0.05) is 41.4 Å². The highest BCUT2D eigenvalue weighted by Gasteiger charge is 2.45. The van der Waals surface area contributed by atoms with Gasteiger partial charge in [-0.05, 0) is 31.9 Å². The van der Waals surface area contributed by atoms with Crippen molar-refractivity contribution in [3.05, 3.63) is 46.5 Å². The molecule has 0 bridgehead atoms. The van der Waals surface area contributed by atoms with Gasteiger partial charge >= 0.3 is 0 Å². The van der Waals surface area contributed by atoms with Crippen molar-refractivity contribution >= 4 is 41.0 Å². The highest BCUT2D eigenvalue weighted by molar-refractivity contribution is 8.20. The van der Waals surface area contributed by atoms with Crippen molar-refractivity contribution < 1.29 is 0 Å². The Labute approximate surface area is 196 Å². The van der Waals surface area contributed by atoms with Crippen LogP contribution < -0.4 is 15.3 Å². The number of rotatable bonds is 5. The van der Waals surface area contributed by atoms with Crippen LogP contribution in [0, 0.1) is 18.3 Å². The van der Waals surface area contributed by atoms with Crippen molar-refractivity contribution in [2.45, 2.75) is 65.5 Å². The Balaban J connectivity index is 1.99. The summed E-state index contributed by atoms with van der Waals surface area (Å²) < 4.78 is 1.85. The number of likely N-dealkylation sites (N-methyl/N-ethyl adjacent to an activating group) is 1. The number of aryl methyl sites for hydroxylation is 2. The van der Waals surface area contributed by atoms with Gasteiger partial charge in [-0.3, -0.25) is 5.09 Å². The molecule has 0 aliphatic carbocycles. The molecule has 0 unspecified atom stereocenters. The van der Waals surface area contributed by atoms with Crippen molar-refractivity contribution in [1.82, 2.24) is 14.9 Å². The smallest absolute Gasteiger partial charge is 0.160 e. The Morgan fingerprint density at radius 2 is 2.03 bits per heavy atom. The summed E-state index contributed by atoms with van der Waals surface area (Å²) in [5.74, 6) is 0.803. The minimum atomic E-state index is -2.42. The Kier molecular flexibility index (Phi) is 5.92.